The van der Waals surface area contributed by atoms with E-state index in [1.165, 1.54) is 43.7 Å². The van der Waals surface area contributed by atoms with E-state index < -0.39 is 0 Å². The average Bonchev–Trinajstić information content (AvgIpc) is 3.88. The molecule has 10 aromatic carbocycles. The van der Waals surface area contributed by atoms with E-state index in [0.717, 1.165) is 66.9 Å². The van der Waals surface area contributed by atoms with E-state index in [1.54, 1.807) is 0 Å². The van der Waals surface area contributed by atoms with Crippen molar-refractivity contribution in [2.24, 2.45) is 0 Å². The van der Waals surface area contributed by atoms with E-state index >= 15 is 0 Å². The topological polar surface area (TPSA) is 21.3 Å². The fraction of sp³-hybridized carbons (Fsp3) is 0. The lowest BCUT2D eigenvalue weighted by molar-refractivity contribution is 0.669. The van der Waals surface area contributed by atoms with E-state index in [-0.39, 0.29) is 0 Å². The third-order valence-electron chi connectivity index (χ3n) is 12.2. The average molecular weight is 779 g/mol. The summed E-state index contributed by atoms with van der Waals surface area (Å²) in [6.07, 6.45) is 0. The van der Waals surface area contributed by atoms with Gasteiger partial charge >= 0.3 is 0 Å². The predicted molar refractivity (Wildman–Crippen MR) is 257 cm³/mol. The molecule has 0 N–H and O–H groups in total. The number of para-hydroxylation sites is 4. The van der Waals surface area contributed by atoms with Crippen LogP contribution >= 0.6 is 0 Å². The molecular weight excluding hydrogens is 741 g/mol. The van der Waals surface area contributed by atoms with Crippen molar-refractivity contribution in [1.82, 2.24) is 4.57 Å². The summed E-state index contributed by atoms with van der Waals surface area (Å²) >= 11 is 0. The van der Waals surface area contributed by atoms with Crippen LogP contribution in [0.25, 0.3) is 93.6 Å². The number of hydrogen-bond acceptors (Lipinski definition) is 2. The quantitative estimate of drug-likeness (QED) is 0.161. The number of rotatable bonds is 7. The molecule has 0 saturated carbocycles. The van der Waals surface area contributed by atoms with Crippen molar-refractivity contribution in [3.8, 4) is 39.1 Å². The first-order valence-corrected chi connectivity index (χ1v) is 20.8. The molecule has 0 aliphatic heterocycles. The van der Waals surface area contributed by atoms with Gasteiger partial charge in [0.25, 0.3) is 0 Å². The highest BCUT2D eigenvalue weighted by atomic mass is 16.3. The van der Waals surface area contributed by atoms with Gasteiger partial charge in [-0.15, -0.1) is 0 Å². The lowest BCUT2D eigenvalue weighted by atomic mass is 9.94. The molecule has 0 aliphatic rings. The smallest absolute Gasteiger partial charge is 0.135 e. The van der Waals surface area contributed by atoms with Crippen molar-refractivity contribution < 1.29 is 4.42 Å². The molecule has 3 nitrogen and oxygen atoms in total. The Bertz CT molecular complexity index is 3540. The van der Waals surface area contributed by atoms with Gasteiger partial charge < -0.3 is 13.9 Å². The van der Waals surface area contributed by atoms with Crippen molar-refractivity contribution in [2.75, 3.05) is 4.90 Å². The number of fused-ring (bicyclic) bond motifs is 7. The molecule has 0 fully saturated rings. The van der Waals surface area contributed by atoms with Gasteiger partial charge in [-0.05, 0) is 106 Å². The van der Waals surface area contributed by atoms with Gasteiger partial charge in [0.15, 0.2) is 0 Å². The van der Waals surface area contributed by atoms with Crippen molar-refractivity contribution in [1.29, 1.82) is 0 Å². The molecular formula is C58H38N2O. The number of anilines is 3. The highest BCUT2D eigenvalue weighted by Crippen LogP contribution is 2.46. The first-order chi connectivity index (χ1) is 30.2. The van der Waals surface area contributed by atoms with Crippen molar-refractivity contribution in [3.63, 3.8) is 0 Å². The molecule has 2 heterocycles. The second kappa shape index (κ2) is 14.3. The first kappa shape index (κ1) is 34.9. The van der Waals surface area contributed by atoms with Crippen LogP contribution < -0.4 is 4.90 Å². The largest absolute Gasteiger partial charge is 0.456 e. The zero-order valence-electron chi connectivity index (χ0n) is 33.2. The summed E-state index contributed by atoms with van der Waals surface area (Å²) in [7, 11) is 0. The highest BCUT2D eigenvalue weighted by molar-refractivity contribution is 6.10. The van der Waals surface area contributed by atoms with E-state index in [9.17, 15) is 0 Å². The van der Waals surface area contributed by atoms with Gasteiger partial charge in [-0.2, -0.15) is 0 Å². The summed E-state index contributed by atoms with van der Waals surface area (Å²) in [6.45, 7) is 0. The zero-order valence-corrected chi connectivity index (χ0v) is 33.2. The summed E-state index contributed by atoms with van der Waals surface area (Å²) in [6, 6.07) is 83.2. The van der Waals surface area contributed by atoms with Crippen LogP contribution in [-0.4, -0.2) is 4.57 Å². The lowest BCUT2D eigenvalue weighted by Crippen LogP contribution is -2.11. The Balaban J connectivity index is 1.11. The van der Waals surface area contributed by atoms with Crippen LogP contribution in [0.4, 0.5) is 17.1 Å². The van der Waals surface area contributed by atoms with Crippen molar-refractivity contribution >= 4 is 71.6 Å². The lowest BCUT2D eigenvalue weighted by Gasteiger charge is -2.29. The molecule has 3 heteroatoms. The molecule has 0 amide bonds. The van der Waals surface area contributed by atoms with Crippen molar-refractivity contribution in [3.05, 3.63) is 231 Å². The Hall–Kier alpha value is -8.14. The van der Waals surface area contributed by atoms with Gasteiger partial charge in [-0.1, -0.05) is 158 Å². The molecule has 0 atom stereocenters. The van der Waals surface area contributed by atoms with E-state index in [2.05, 4.69) is 228 Å². The standard InChI is InChI=1S/C58H38N2O/c1-2-14-39(15-3-1)41-28-31-45(32-29-41)59(46-33-35-58-52(38-46)50-21-9-13-25-57(50)61-58)56-34-30-44(37-51(56)43-27-26-40-16-4-5-17-42(40)36-43)47-18-6-10-22-53(47)60-54-23-11-7-19-48(54)49-20-8-12-24-55(49)60/h1-38H. The minimum absolute atomic E-state index is 0.871. The first-order valence-electron chi connectivity index (χ1n) is 20.8. The molecule has 0 spiro atoms. The third-order valence-corrected chi connectivity index (χ3v) is 12.2. The Morgan fingerprint density at radius 2 is 0.902 bits per heavy atom. The molecule has 0 bridgehead atoms. The van der Waals surface area contributed by atoms with E-state index in [1.807, 2.05) is 12.1 Å². The molecule has 286 valence electrons. The van der Waals surface area contributed by atoms with E-state index in [4.69, 9.17) is 4.42 Å². The summed E-state index contributed by atoms with van der Waals surface area (Å²) < 4.78 is 8.76. The van der Waals surface area contributed by atoms with Crippen LogP contribution in [0, 0.1) is 0 Å². The fourth-order valence-corrected chi connectivity index (χ4v) is 9.30. The molecule has 61 heavy (non-hydrogen) atoms. The van der Waals surface area contributed by atoms with Gasteiger partial charge in [0.1, 0.15) is 11.2 Å². The molecule has 2 aromatic heterocycles. The van der Waals surface area contributed by atoms with Crippen LogP contribution in [0.2, 0.25) is 0 Å². The van der Waals surface area contributed by atoms with Gasteiger partial charge in [-0.3, -0.25) is 0 Å². The van der Waals surface area contributed by atoms with Crippen LogP contribution in [-0.2, 0) is 0 Å². The molecule has 0 radical (unpaired) electrons. The predicted octanol–water partition coefficient (Wildman–Crippen LogP) is 16.3. The molecule has 12 aromatic rings. The minimum atomic E-state index is 0.871. The van der Waals surface area contributed by atoms with Gasteiger partial charge in [-0.25, -0.2) is 0 Å². The Morgan fingerprint density at radius 1 is 0.328 bits per heavy atom. The maximum atomic E-state index is 6.34. The Morgan fingerprint density at radius 3 is 1.70 bits per heavy atom. The molecule has 0 unspecified atom stereocenters. The number of hydrogen-bond donors (Lipinski definition) is 0. The molecule has 0 saturated heterocycles. The summed E-state index contributed by atoms with van der Waals surface area (Å²) in [5.74, 6) is 0. The molecule has 0 aliphatic carbocycles. The van der Waals surface area contributed by atoms with E-state index in [0.29, 0.717) is 0 Å². The van der Waals surface area contributed by atoms with Gasteiger partial charge in [0.2, 0.25) is 0 Å². The number of aromatic nitrogens is 1. The number of nitrogens with zero attached hydrogens (tertiary/aromatic N) is 2. The second-order valence-corrected chi connectivity index (χ2v) is 15.7. The van der Waals surface area contributed by atoms with Crippen LogP contribution in [0.15, 0.2) is 235 Å². The highest BCUT2D eigenvalue weighted by Gasteiger charge is 2.22. The van der Waals surface area contributed by atoms with Crippen molar-refractivity contribution in [2.45, 2.75) is 0 Å². The Labute approximate surface area is 353 Å². The maximum Gasteiger partial charge on any atom is 0.135 e. The van der Waals surface area contributed by atoms with Crippen LogP contribution in [0.3, 0.4) is 0 Å². The summed E-state index contributed by atoms with van der Waals surface area (Å²) in [5.41, 5.74) is 15.4. The van der Waals surface area contributed by atoms with Gasteiger partial charge in [0.05, 0.1) is 22.4 Å². The number of furan rings is 1. The SMILES string of the molecule is c1ccc(-c2ccc(N(c3ccc4oc5ccccc5c4c3)c3ccc(-c4ccccc4-n4c5ccccc5c5ccccc54)cc3-c3ccc4ccccc4c3)cc2)cc1. The fourth-order valence-electron chi connectivity index (χ4n) is 9.30. The van der Waals surface area contributed by atoms with Crippen LogP contribution in [0.5, 0.6) is 0 Å². The van der Waals surface area contributed by atoms with Crippen LogP contribution in [0.1, 0.15) is 0 Å². The Kier molecular flexibility index (Phi) is 8.17. The third kappa shape index (κ3) is 5.90. The van der Waals surface area contributed by atoms with Gasteiger partial charge in [0, 0.05) is 44.0 Å². The zero-order chi connectivity index (χ0) is 40.3. The second-order valence-electron chi connectivity index (χ2n) is 15.7. The minimum Gasteiger partial charge on any atom is -0.456 e. The summed E-state index contributed by atoms with van der Waals surface area (Å²) in [5, 5.41) is 7.10. The molecule has 12 rings (SSSR count). The normalized spacial score (nSPS) is 11.6. The summed E-state index contributed by atoms with van der Waals surface area (Å²) in [4.78, 5) is 2.41. The maximum absolute atomic E-state index is 6.34. The monoisotopic (exact) mass is 778 g/mol. The number of benzene rings is 10.